The number of urea groups is 1. The Labute approximate surface area is 215 Å². The first kappa shape index (κ1) is 23.6. The van der Waals surface area contributed by atoms with Crippen molar-refractivity contribution in [1.82, 2.24) is 15.0 Å². The lowest BCUT2D eigenvalue weighted by Crippen LogP contribution is -2.48. The van der Waals surface area contributed by atoms with Crippen LogP contribution < -0.4 is 19.9 Å². The molecule has 37 heavy (non-hydrogen) atoms. The summed E-state index contributed by atoms with van der Waals surface area (Å²) < 4.78 is 17.2. The molecule has 10 nitrogen and oxygen atoms in total. The minimum Gasteiger partial charge on any atom is -0.475 e. The van der Waals surface area contributed by atoms with Gasteiger partial charge in [0, 0.05) is 48.5 Å². The van der Waals surface area contributed by atoms with E-state index < -0.39 is 5.79 Å². The van der Waals surface area contributed by atoms with E-state index >= 15 is 0 Å². The van der Waals surface area contributed by atoms with Gasteiger partial charge in [0.2, 0.25) is 5.88 Å². The summed E-state index contributed by atoms with van der Waals surface area (Å²) in [7, 11) is 0. The normalized spacial score (nSPS) is 21.6. The topological polar surface area (TPSA) is 102 Å². The van der Waals surface area contributed by atoms with Crippen LogP contribution in [0.15, 0.2) is 48.8 Å². The van der Waals surface area contributed by atoms with Crippen LogP contribution in [0.2, 0.25) is 0 Å². The Kier molecular flexibility index (Phi) is 5.92. The lowest BCUT2D eigenvalue weighted by molar-refractivity contribution is -0.141. The van der Waals surface area contributed by atoms with Crippen molar-refractivity contribution >= 4 is 23.2 Å². The van der Waals surface area contributed by atoms with Gasteiger partial charge in [0.05, 0.1) is 24.0 Å². The van der Waals surface area contributed by atoms with Crippen LogP contribution in [0.25, 0.3) is 11.3 Å². The zero-order chi connectivity index (χ0) is 25.6. The van der Waals surface area contributed by atoms with E-state index in [1.807, 2.05) is 39.0 Å². The molecule has 3 aromatic rings. The Balaban J connectivity index is 1.21. The highest BCUT2D eigenvalue weighted by atomic mass is 16.7. The summed E-state index contributed by atoms with van der Waals surface area (Å²) in [6.45, 7) is 8.17. The monoisotopic (exact) mass is 502 g/mol. The first-order chi connectivity index (χ1) is 17.8. The smallest absolute Gasteiger partial charge is 0.327 e. The predicted octanol–water partition coefficient (Wildman–Crippen LogP) is 4.01. The van der Waals surface area contributed by atoms with Crippen LogP contribution in [-0.2, 0) is 9.47 Å². The maximum atomic E-state index is 13.6. The molecule has 0 saturated carbocycles. The minimum absolute atomic E-state index is 0.0508. The number of pyridine rings is 3. The van der Waals surface area contributed by atoms with Gasteiger partial charge in [0.15, 0.2) is 11.6 Å². The molecule has 1 N–H and O–H groups in total. The number of hydrogen-bond donors (Lipinski definition) is 1. The van der Waals surface area contributed by atoms with Crippen molar-refractivity contribution in [3.63, 3.8) is 0 Å². The van der Waals surface area contributed by atoms with E-state index in [9.17, 15) is 4.79 Å². The molecule has 2 amide bonds. The summed E-state index contributed by atoms with van der Waals surface area (Å²) >= 11 is 0. The van der Waals surface area contributed by atoms with Gasteiger partial charge < -0.3 is 24.4 Å². The third-order valence-electron chi connectivity index (χ3n) is 6.83. The Hall–Kier alpha value is -3.76. The molecule has 10 heteroatoms. The van der Waals surface area contributed by atoms with Crippen molar-refractivity contribution in [2.75, 3.05) is 41.4 Å². The van der Waals surface area contributed by atoms with Gasteiger partial charge in [0.1, 0.15) is 12.7 Å². The third-order valence-corrected chi connectivity index (χ3v) is 6.83. The van der Waals surface area contributed by atoms with Gasteiger partial charge >= 0.3 is 6.03 Å². The molecule has 2 saturated heterocycles. The van der Waals surface area contributed by atoms with Crippen molar-refractivity contribution in [3.8, 4) is 17.1 Å². The SMILES string of the molecule is Cc1cc(-c2ccc3c(n2)N(C(=O)Nc2ccnc(OC[C@@H]4COC(C)(C)O4)c2)[C@H]2CCN3C2)ccn1. The number of rotatable bonds is 5. The zero-order valence-corrected chi connectivity index (χ0v) is 21.2. The standard InChI is InChI=1S/C27H30N6O4/c1-17-12-18(6-9-28-17)22-4-5-23-25(31-22)33(20-8-11-32(23)14-20)26(34)30-19-7-10-29-24(13-19)35-15-21-16-36-27(2,3)37-21/h4-7,9-10,12-13,20-21H,8,11,14-16H2,1-3H3,(H,29,30,34)/t20-,21+/m0/s1. The number of hydrogen-bond acceptors (Lipinski definition) is 8. The molecule has 192 valence electrons. The lowest BCUT2D eigenvalue weighted by Gasteiger charge is -2.36. The number of nitrogens with one attached hydrogen (secondary N) is 1. The van der Waals surface area contributed by atoms with Crippen LogP contribution in [-0.4, -0.2) is 65.2 Å². The summed E-state index contributed by atoms with van der Waals surface area (Å²) in [4.78, 5) is 31.2. The van der Waals surface area contributed by atoms with Crippen molar-refractivity contribution in [1.29, 1.82) is 0 Å². The zero-order valence-electron chi connectivity index (χ0n) is 21.2. The highest BCUT2D eigenvalue weighted by molar-refractivity contribution is 6.04. The number of anilines is 3. The lowest BCUT2D eigenvalue weighted by atomic mass is 10.1. The molecule has 3 aromatic heterocycles. The van der Waals surface area contributed by atoms with Gasteiger partial charge in [-0.05, 0) is 57.5 Å². The Bertz CT molecular complexity index is 1330. The molecule has 3 aliphatic rings. The van der Waals surface area contributed by atoms with Gasteiger partial charge in [0.25, 0.3) is 0 Å². The Morgan fingerprint density at radius 1 is 1.19 bits per heavy atom. The number of fused-ring (bicyclic) bond motifs is 4. The van der Waals surface area contributed by atoms with Crippen LogP contribution in [0.5, 0.6) is 5.88 Å². The summed E-state index contributed by atoms with van der Waals surface area (Å²) in [6, 6.07) is 11.3. The van der Waals surface area contributed by atoms with E-state index in [0.717, 1.165) is 42.1 Å². The first-order valence-electron chi connectivity index (χ1n) is 12.5. The summed E-state index contributed by atoms with van der Waals surface area (Å²) in [5.41, 5.74) is 4.27. The second kappa shape index (κ2) is 9.28. The average molecular weight is 503 g/mol. The molecule has 6 heterocycles. The van der Waals surface area contributed by atoms with E-state index in [1.54, 1.807) is 29.4 Å². The largest absolute Gasteiger partial charge is 0.475 e. The molecular weight excluding hydrogens is 472 g/mol. The van der Waals surface area contributed by atoms with E-state index in [0.29, 0.717) is 30.6 Å². The van der Waals surface area contributed by atoms with Gasteiger partial charge in [-0.2, -0.15) is 0 Å². The maximum Gasteiger partial charge on any atom is 0.327 e. The van der Waals surface area contributed by atoms with Crippen LogP contribution >= 0.6 is 0 Å². The fourth-order valence-corrected chi connectivity index (χ4v) is 5.11. The summed E-state index contributed by atoms with van der Waals surface area (Å²) in [6.07, 6.45) is 4.11. The molecule has 3 aliphatic heterocycles. The molecule has 6 rings (SSSR count). The fraction of sp³-hybridized carbons (Fsp3) is 0.407. The predicted molar refractivity (Wildman–Crippen MR) is 139 cm³/mol. The molecule has 2 bridgehead atoms. The number of aromatic nitrogens is 3. The number of carbonyl (C=O) groups is 1. The summed E-state index contributed by atoms with van der Waals surface area (Å²) in [5.74, 6) is 0.470. The maximum absolute atomic E-state index is 13.6. The number of amides is 2. The highest BCUT2D eigenvalue weighted by Crippen LogP contribution is 2.40. The van der Waals surface area contributed by atoms with Crippen molar-refractivity contribution in [2.45, 2.75) is 45.1 Å². The molecular formula is C27H30N6O4. The average Bonchev–Trinajstić information content (AvgIpc) is 3.46. The van der Waals surface area contributed by atoms with Crippen LogP contribution in [0.3, 0.4) is 0 Å². The molecule has 0 aromatic carbocycles. The minimum atomic E-state index is -0.609. The van der Waals surface area contributed by atoms with Crippen LogP contribution in [0, 0.1) is 6.92 Å². The van der Waals surface area contributed by atoms with Crippen molar-refractivity contribution in [2.24, 2.45) is 0 Å². The molecule has 2 atom stereocenters. The summed E-state index contributed by atoms with van der Waals surface area (Å²) in [5, 5.41) is 3.03. The van der Waals surface area contributed by atoms with E-state index in [-0.39, 0.29) is 18.2 Å². The molecule has 0 radical (unpaired) electrons. The molecule has 0 aliphatic carbocycles. The Morgan fingerprint density at radius 2 is 2.05 bits per heavy atom. The quantitative estimate of drug-likeness (QED) is 0.559. The number of carbonyl (C=O) groups excluding carboxylic acids is 1. The van der Waals surface area contributed by atoms with E-state index in [1.165, 1.54) is 0 Å². The van der Waals surface area contributed by atoms with Crippen molar-refractivity contribution < 1.29 is 19.0 Å². The van der Waals surface area contributed by atoms with Crippen molar-refractivity contribution in [3.05, 3.63) is 54.5 Å². The second-order valence-corrected chi connectivity index (χ2v) is 10.1. The van der Waals surface area contributed by atoms with E-state index in [4.69, 9.17) is 19.2 Å². The van der Waals surface area contributed by atoms with Gasteiger partial charge in [-0.25, -0.2) is 14.8 Å². The molecule has 2 fully saturated rings. The first-order valence-corrected chi connectivity index (χ1v) is 12.5. The Morgan fingerprint density at radius 3 is 2.86 bits per heavy atom. The van der Waals surface area contributed by atoms with Gasteiger partial charge in [-0.3, -0.25) is 9.88 Å². The third kappa shape index (κ3) is 4.82. The fourth-order valence-electron chi connectivity index (χ4n) is 5.11. The van der Waals surface area contributed by atoms with Crippen LogP contribution in [0.4, 0.5) is 22.0 Å². The van der Waals surface area contributed by atoms with Gasteiger partial charge in [-0.1, -0.05) is 0 Å². The van der Waals surface area contributed by atoms with Crippen LogP contribution in [0.1, 0.15) is 26.0 Å². The van der Waals surface area contributed by atoms with E-state index in [2.05, 4.69) is 26.3 Å². The highest BCUT2D eigenvalue weighted by Gasteiger charge is 2.40. The number of ether oxygens (including phenoxy) is 3. The van der Waals surface area contributed by atoms with Gasteiger partial charge in [-0.15, -0.1) is 0 Å². The molecule has 0 unspecified atom stereocenters. The number of aryl methyl sites for hydroxylation is 1. The number of nitrogens with zero attached hydrogens (tertiary/aromatic N) is 5. The second-order valence-electron chi connectivity index (χ2n) is 10.1. The molecule has 0 spiro atoms.